The van der Waals surface area contributed by atoms with Gasteiger partial charge in [-0.25, -0.2) is 0 Å². The predicted octanol–water partition coefficient (Wildman–Crippen LogP) is 3.79. The molecular formula is C25H34O5. The van der Waals surface area contributed by atoms with E-state index < -0.39 is 17.0 Å². The van der Waals surface area contributed by atoms with Crippen LogP contribution in [0.5, 0.6) is 0 Å². The van der Waals surface area contributed by atoms with Gasteiger partial charge in [0, 0.05) is 24.2 Å². The molecule has 7 atom stereocenters. The lowest BCUT2D eigenvalue weighted by molar-refractivity contribution is -0.167. The van der Waals surface area contributed by atoms with Crippen molar-refractivity contribution in [2.24, 2.45) is 34.5 Å². The van der Waals surface area contributed by atoms with Crippen molar-refractivity contribution in [1.82, 2.24) is 0 Å². The quantitative estimate of drug-likeness (QED) is 0.561. The lowest BCUT2D eigenvalue weighted by Crippen LogP contribution is -2.58. The molecule has 4 aliphatic rings. The van der Waals surface area contributed by atoms with E-state index in [4.69, 9.17) is 4.74 Å². The van der Waals surface area contributed by atoms with Crippen LogP contribution in [0.15, 0.2) is 23.3 Å². The number of ether oxygens (including phenoxy) is 1. The Hall–Kier alpha value is -1.75. The van der Waals surface area contributed by atoms with Crippen molar-refractivity contribution in [2.75, 3.05) is 6.61 Å². The summed E-state index contributed by atoms with van der Waals surface area (Å²) in [6.45, 7) is 9.39. The Balaban J connectivity index is 1.73. The summed E-state index contributed by atoms with van der Waals surface area (Å²) < 4.78 is 4.97. The van der Waals surface area contributed by atoms with Gasteiger partial charge in [-0.2, -0.15) is 0 Å². The number of carbonyl (C=O) groups is 3. The smallest absolute Gasteiger partial charge is 0.303 e. The fourth-order valence-corrected chi connectivity index (χ4v) is 7.49. The van der Waals surface area contributed by atoms with Crippen molar-refractivity contribution >= 4 is 17.5 Å². The molecule has 0 aliphatic heterocycles. The van der Waals surface area contributed by atoms with Gasteiger partial charge in [0.15, 0.2) is 12.4 Å². The summed E-state index contributed by atoms with van der Waals surface area (Å²) >= 11 is 0. The number of ketones is 2. The number of hydrogen-bond donors (Lipinski definition) is 1. The first kappa shape index (κ1) is 21.5. The fraction of sp³-hybridized carbons (Fsp3) is 0.720. The second-order valence-corrected chi connectivity index (χ2v) is 10.6. The minimum absolute atomic E-state index is 0.0940. The highest BCUT2D eigenvalue weighted by atomic mass is 16.5. The molecule has 0 spiro atoms. The Morgan fingerprint density at radius 2 is 1.90 bits per heavy atom. The van der Waals surface area contributed by atoms with Crippen LogP contribution in [0, 0.1) is 34.5 Å². The van der Waals surface area contributed by atoms with E-state index in [0.29, 0.717) is 24.7 Å². The van der Waals surface area contributed by atoms with Crippen molar-refractivity contribution in [3.8, 4) is 0 Å². The topological polar surface area (TPSA) is 80.7 Å². The van der Waals surface area contributed by atoms with Crippen molar-refractivity contribution in [2.45, 2.75) is 72.3 Å². The van der Waals surface area contributed by atoms with Crippen LogP contribution in [0.3, 0.4) is 0 Å². The number of aliphatic hydroxyl groups is 1. The van der Waals surface area contributed by atoms with Crippen LogP contribution < -0.4 is 0 Å². The molecule has 0 aromatic carbocycles. The van der Waals surface area contributed by atoms with Gasteiger partial charge in [-0.05, 0) is 55.4 Å². The number of carbonyl (C=O) groups excluding carboxylic acids is 3. The van der Waals surface area contributed by atoms with E-state index >= 15 is 0 Å². The van der Waals surface area contributed by atoms with Gasteiger partial charge >= 0.3 is 5.97 Å². The average Bonchev–Trinajstić information content (AvgIpc) is 2.89. The summed E-state index contributed by atoms with van der Waals surface area (Å²) in [5.41, 5.74) is 0.490. The highest BCUT2D eigenvalue weighted by molar-refractivity contribution is 5.92. The van der Waals surface area contributed by atoms with Crippen LogP contribution in [-0.2, 0) is 19.1 Å². The van der Waals surface area contributed by atoms with Gasteiger partial charge in [0.05, 0.1) is 0 Å². The second-order valence-electron chi connectivity index (χ2n) is 10.6. The third-order valence-electron chi connectivity index (χ3n) is 9.07. The number of fused-ring (bicyclic) bond motifs is 5. The SMILES string of the molecule is CC(=O)OCC(=O)[C@@]1(O)[C@H](C)CC2C3CC(C)C4=CC(=O)CC[C@]4(C)C3=CC[C@@]21C. The minimum Gasteiger partial charge on any atom is -0.458 e. The molecule has 0 amide bonds. The third-order valence-corrected chi connectivity index (χ3v) is 9.07. The summed E-state index contributed by atoms with van der Waals surface area (Å²) in [5.74, 6) is -0.0598. The van der Waals surface area contributed by atoms with Gasteiger partial charge in [-0.3, -0.25) is 14.4 Å². The second kappa shape index (κ2) is 6.88. The maximum atomic E-state index is 13.1. The molecule has 30 heavy (non-hydrogen) atoms. The molecule has 0 aromatic rings. The van der Waals surface area contributed by atoms with E-state index in [1.807, 2.05) is 19.9 Å². The van der Waals surface area contributed by atoms with Crippen LogP contribution in [0.4, 0.5) is 0 Å². The zero-order chi connectivity index (χ0) is 22.1. The fourth-order valence-electron chi connectivity index (χ4n) is 7.49. The van der Waals surface area contributed by atoms with Crippen LogP contribution in [-0.4, -0.2) is 34.9 Å². The Morgan fingerprint density at radius 1 is 1.20 bits per heavy atom. The highest BCUT2D eigenvalue weighted by Gasteiger charge is 2.67. The zero-order valence-electron chi connectivity index (χ0n) is 18.8. The molecule has 1 N–H and O–H groups in total. The average molecular weight is 415 g/mol. The lowest BCUT2D eigenvalue weighted by Gasteiger charge is -2.56. The Kier molecular flexibility index (Phi) is 4.92. The zero-order valence-corrected chi connectivity index (χ0v) is 18.8. The number of esters is 1. The molecule has 3 unspecified atom stereocenters. The molecule has 0 radical (unpaired) electrons. The number of hydrogen-bond acceptors (Lipinski definition) is 5. The Labute approximate surface area is 178 Å². The molecule has 4 aliphatic carbocycles. The van der Waals surface area contributed by atoms with Crippen molar-refractivity contribution in [1.29, 1.82) is 0 Å². The van der Waals surface area contributed by atoms with Crippen LogP contribution in [0.1, 0.15) is 66.7 Å². The van der Waals surface area contributed by atoms with E-state index in [1.54, 1.807) is 0 Å². The maximum absolute atomic E-state index is 13.1. The molecule has 0 saturated heterocycles. The van der Waals surface area contributed by atoms with Gasteiger partial charge in [0.1, 0.15) is 5.60 Å². The van der Waals surface area contributed by atoms with E-state index in [9.17, 15) is 19.5 Å². The Morgan fingerprint density at radius 3 is 2.57 bits per heavy atom. The number of Topliss-reactive ketones (excluding diaryl/α,β-unsaturated/α-hetero) is 1. The van der Waals surface area contributed by atoms with E-state index in [0.717, 1.165) is 19.3 Å². The normalized spacial score (nSPS) is 44.9. The molecular weight excluding hydrogens is 380 g/mol. The third kappa shape index (κ3) is 2.73. The molecule has 2 saturated carbocycles. The molecule has 2 fully saturated rings. The summed E-state index contributed by atoms with van der Waals surface area (Å²) in [6, 6.07) is 0. The van der Waals surface area contributed by atoms with Crippen LogP contribution in [0.25, 0.3) is 0 Å². The van der Waals surface area contributed by atoms with Crippen molar-refractivity contribution in [3.63, 3.8) is 0 Å². The van der Waals surface area contributed by atoms with Gasteiger partial charge in [-0.15, -0.1) is 0 Å². The number of rotatable bonds is 3. The van der Waals surface area contributed by atoms with Crippen molar-refractivity contribution < 1.29 is 24.2 Å². The van der Waals surface area contributed by atoms with Gasteiger partial charge in [0.25, 0.3) is 0 Å². The van der Waals surface area contributed by atoms with Crippen molar-refractivity contribution in [3.05, 3.63) is 23.3 Å². The standard InChI is InChI=1S/C25H34O5/c1-14-10-18-19(23(4)8-6-17(27)12-20(14)23)7-9-24(5)21(18)11-15(2)25(24,29)22(28)13-30-16(3)26/h7,12,14-15,18,21,29H,6,8-11,13H2,1-5H3/t14?,15-,18?,21?,23-,24+,25+/m1/s1. The molecule has 5 heteroatoms. The monoisotopic (exact) mass is 414 g/mol. The van der Waals surface area contributed by atoms with E-state index in [-0.39, 0.29) is 35.4 Å². The predicted molar refractivity (Wildman–Crippen MR) is 112 cm³/mol. The molecule has 0 aromatic heterocycles. The first-order valence-corrected chi connectivity index (χ1v) is 11.3. The summed E-state index contributed by atoms with van der Waals surface area (Å²) in [4.78, 5) is 36.4. The molecule has 164 valence electrons. The van der Waals surface area contributed by atoms with E-state index in [2.05, 4.69) is 19.9 Å². The summed E-state index contributed by atoms with van der Waals surface area (Å²) in [6.07, 6.45) is 7.93. The summed E-state index contributed by atoms with van der Waals surface area (Å²) in [7, 11) is 0. The van der Waals surface area contributed by atoms with Gasteiger partial charge in [0.2, 0.25) is 5.78 Å². The lowest BCUT2D eigenvalue weighted by atomic mass is 9.48. The first-order chi connectivity index (χ1) is 13.9. The first-order valence-electron chi connectivity index (χ1n) is 11.3. The summed E-state index contributed by atoms with van der Waals surface area (Å²) in [5, 5.41) is 11.8. The van der Waals surface area contributed by atoms with Crippen LogP contribution >= 0.6 is 0 Å². The number of allylic oxidation sites excluding steroid dienone is 4. The van der Waals surface area contributed by atoms with Gasteiger partial charge in [-0.1, -0.05) is 44.9 Å². The molecule has 5 nitrogen and oxygen atoms in total. The van der Waals surface area contributed by atoms with Gasteiger partial charge < -0.3 is 9.84 Å². The van der Waals surface area contributed by atoms with Crippen LogP contribution in [0.2, 0.25) is 0 Å². The largest absolute Gasteiger partial charge is 0.458 e. The molecule has 0 heterocycles. The molecule has 4 rings (SSSR count). The maximum Gasteiger partial charge on any atom is 0.303 e. The minimum atomic E-state index is -1.50. The highest BCUT2D eigenvalue weighted by Crippen LogP contribution is 2.67. The molecule has 0 bridgehead atoms. The Bertz CT molecular complexity index is 869. The van der Waals surface area contributed by atoms with E-state index in [1.165, 1.54) is 18.1 Å².